The number of hydrogen-bond acceptors (Lipinski definition) is 4. The fraction of sp³-hybridized carbons (Fsp3) is 0.636. The predicted molar refractivity (Wildman–Crippen MR) is 71.0 cm³/mol. The summed E-state index contributed by atoms with van der Waals surface area (Å²) in [5.74, 6) is 5.95. The van der Waals surface area contributed by atoms with Crippen LogP contribution in [0.3, 0.4) is 0 Å². The van der Waals surface area contributed by atoms with E-state index in [1.165, 1.54) is 0 Å². The molecule has 1 heterocycles. The van der Waals surface area contributed by atoms with Crippen LogP contribution >= 0.6 is 0 Å². The highest BCUT2D eigenvalue weighted by atomic mass is 16.5. The van der Waals surface area contributed by atoms with Crippen molar-refractivity contribution in [1.29, 1.82) is 0 Å². The van der Waals surface area contributed by atoms with E-state index in [0.717, 1.165) is 17.0 Å². The van der Waals surface area contributed by atoms with Crippen LogP contribution in [0, 0.1) is 13.8 Å². The molecule has 1 rings (SSSR count). The maximum absolute atomic E-state index is 5.40. The fourth-order valence-electron chi connectivity index (χ4n) is 1.63. The molecule has 0 bridgehead atoms. The van der Waals surface area contributed by atoms with Crippen LogP contribution in [0.4, 0.5) is 0 Å². The standard InChI is InChI=1S/C11H22N6O/c1-8-10(9(2)17(3)16-8)7-14-11(15-12)13-5-6-18-4/h5-7,12H2,1-4H3,(H2,13,14,15). The second-order valence-corrected chi connectivity index (χ2v) is 4.00. The zero-order chi connectivity index (χ0) is 13.5. The number of aromatic nitrogens is 2. The van der Waals surface area contributed by atoms with Gasteiger partial charge in [-0.05, 0) is 13.8 Å². The first kappa shape index (κ1) is 14.5. The van der Waals surface area contributed by atoms with Gasteiger partial charge in [-0.25, -0.2) is 10.8 Å². The highest BCUT2D eigenvalue weighted by Gasteiger charge is 2.08. The first-order chi connectivity index (χ1) is 8.60. The molecule has 0 aromatic carbocycles. The zero-order valence-corrected chi connectivity index (χ0v) is 11.4. The lowest BCUT2D eigenvalue weighted by Crippen LogP contribution is -2.42. The van der Waals surface area contributed by atoms with E-state index in [0.29, 0.717) is 25.7 Å². The Hall–Kier alpha value is -1.60. The van der Waals surface area contributed by atoms with Gasteiger partial charge in [-0.15, -0.1) is 0 Å². The average Bonchev–Trinajstić information content (AvgIpc) is 2.59. The van der Waals surface area contributed by atoms with Gasteiger partial charge in [0.2, 0.25) is 5.96 Å². The van der Waals surface area contributed by atoms with Gasteiger partial charge in [0.25, 0.3) is 0 Å². The van der Waals surface area contributed by atoms with Crippen LogP contribution in [0.1, 0.15) is 17.0 Å². The lowest BCUT2D eigenvalue weighted by molar-refractivity contribution is 0.203. The number of rotatable bonds is 5. The quantitative estimate of drug-likeness (QED) is 0.218. The van der Waals surface area contributed by atoms with Crippen LogP contribution in [0.25, 0.3) is 0 Å². The number of hydrazine groups is 1. The fourth-order valence-corrected chi connectivity index (χ4v) is 1.63. The molecule has 0 spiro atoms. The van der Waals surface area contributed by atoms with Crippen molar-refractivity contribution in [2.75, 3.05) is 20.3 Å². The third-order valence-electron chi connectivity index (χ3n) is 2.79. The molecule has 0 aliphatic heterocycles. The predicted octanol–water partition coefficient (Wildman–Crippen LogP) is -0.408. The van der Waals surface area contributed by atoms with Gasteiger partial charge in [0.1, 0.15) is 0 Å². The van der Waals surface area contributed by atoms with E-state index in [1.807, 2.05) is 25.6 Å². The van der Waals surface area contributed by atoms with E-state index >= 15 is 0 Å². The summed E-state index contributed by atoms with van der Waals surface area (Å²) in [6.07, 6.45) is 0. The molecule has 0 radical (unpaired) electrons. The Balaban J connectivity index is 2.64. The molecule has 0 aliphatic carbocycles. The van der Waals surface area contributed by atoms with E-state index in [1.54, 1.807) is 7.11 Å². The number of guanidine groups is 1. The van der Waals surface area contributed by atoms with Crippen molar-refractivity contribution >= 4 is 5.96 Å². The van der Waals surface area contributed by atoms with Gasteiger partial charge in [0, 0.05) is 32.0 Å². The van der Waals surface area contributed by atoms with Crippen molar-refractivity contribution in [2.24, 2.45) is 17.9 Å². The summed E-state index contributed by atoms with van der Waals surface area (Å²) in [5, 5.41) is 7.39. The van der Waals surface area contributed by atoms with E-state index < -0.39 is 0 Å². The summed E-state index contributed by atoms with van der Waals surface area (Å²) >= 11 is 0. The maximum atomic E-state index is 5.40. The van der Waals surface area contributed by atoms with Crippen LogP contribution in [0.2, 0.25) is 0 Å². The van der Waals surface area contributed by atoms with Gasteiger partial charge in [0.15, 0.2) is 0 Å². The van der Waals surface area contributed by atoms with E-state index in [-0.39, 0.29) is 0 Å². The Morgan fingerprint density at radius 3 is 2.72 bits per heavy atom. The van der Waals surface area contributed by atoms with Gasteiger partial charge >= 0.3 is 0 Å². The number of aryl methyl sites for hydroxylation is 2. The molecule has 0 fully saturated rings. The molecule has 4 N–H and O–H groups in total. The number of nitrogens with zero attached hydrogens (tertiary/aromatic N) is 3. The number of ether oxygens (including phenoxy) is 1. The molecule has 1 aromatic rings. The molecule has 1 aromatic heterocycles. The largest absolute Gasteiger partial charge is 0.383 e. The molecule has 0 atom stereocenters. The monoisotopic (exact) mass is 254 g/mol. The molecule has 0 amide bonds. The molecule has 0 aliphatic rings. The molecule has 0 saturated carbocycles. The highest BCUT2D eigenvalue weighted by molar-refractivity contribution is 5.79. The number of nitrogens with two attached hydrogens (primary N) is 1. The Labute approximate surface area is 107 Å². The smallest absolute Gasteiger partial charge is 0.206 e. The summed E-state index contributed by atoms with van der Waals surface area (Å²) in [5.41, 5.74) is 5.76. The van der Waals surface area contributed by atoms with Crippen molar-refractivity contribution in [3.05, 3.63) is 17.0 Å². The third-order valence-corrected chi connectivity index (χ3v) is 2.79. The lowest BCUT2D eigenvalue weighted by Gasteiger charge is -2.08. The summed E-state index contributed by atoms with van der Waals surface area (Å²) in [6.45, 7) is 5.81. The van der Waals surface area contributed by atoms with Gasteiger partial charge in [-0.1, -0.05) is 0 Å². The Kier molecular flexibility index (Phi) is 5.60. The lowest BCUT2D eigenvalue weighted by atomic mass is 10.2. The minimum absolute atomic E-state index is 0.547. The topological polar surface area (TPSA) is 89.5 Å². The Morgan fingerprint density at radius 1 is 1.50 bits per heavy atom. The summed E-state index contributed by atoms with van der Waals surface area (Å²) in [4.78, 5) is 4.38. The molecule has 7 nitrogen and oxygen atoms in total. The molecule has 7 heteroatoms. The van der Waals surface area contributed by atoms with Crippen molar-refractivity contribution in [1.82, 2.24) is 20.5 Å². The van der Waals surface area contributed by atoms with E-state index in [2.05, 4.69) is 20.8 Å². The van der Waals surface area contributed by atoms with Crippen molar-refractivity contribution in [3.63, 3.8) is 0 Å². The molecular formula is C11H22N6O. The minimum atomic E-state index is 0.547. The van der Waals surface area contributed by atoms with Gasteiger partial charge in [-0.3, -0.25) is 10.1 Å². The zero-order valence-electron chi connectivity index (χ0n) is 11.4. The molecule has 102 valence electrons. The van der Waals surface area contributed by atoms with Gasteiger partial charge < -0.3 is 10.1 Å². The number of methoxy groups -OCH3 is 1. The second kappa shape index (κ2) is 6.97. The number of nitrogens with one attached hydrogen (secondary N) is 2. The summed E-state index contributed by atoms with van der Waals surface area (Å²) in [7, 11) is 3.57. The minimum Gasteiger partial charge on any atom is -0.383 e. The first-order valence-electron chi connectivity index (χ1n) is 5.83. The third kappa shape index (κ3) is 3.71. The summed E-state index contributed by atoms with van der Waals surface area (Å²) < 4.78 is 6.80. The van der Waals surface area contributed by atoms with Gasteiger partial charge in [0.05, 0.1) is 18.8 Å². The maximum Gasteiger partial charge on any atom is 0.206 e. The van der Waals surface area contributed by atoms with E-state index in [4.69, 9.17) is 10.6 Å². The van der Waals surface area contributed by atoms with Crippen LogP contribution in [0.5, 0.6) is 0 Å². The molecular weight excluding hydrogens is 232 g/mol. The average molecular weight is 254 g/mol. The normalized spacial score (nSPS) is 11.7. The molecule has 18 heavy (non-hydrogen) atoms. The van der Waals surface area contributed by atoms with Crippen molar-refractivity contribution in [2.45, 2.75) is 20.4 Å². The number of aliphatic imine (C=N–C) groups is 1. The van der Waals surface area contributed by atoms with Gasteiger partial charge in [-0.2, -0.15) is 5.10 Å². The van der Waals surface area contributed by atoms with Crippen LogP contribution in [-0.2, 0) is 18.3 Å². The Bertz CT molecular complexity index is 412. The number of hydrogen-bond donors (Lipinski definition) is 3. The second-order valence-electron chi connectivity index (χ2n) is 4.00. The van der Waals surface area contributed by atoms with Crippen molar-refractivity contribution < 1.29 is 4.74 Å². The summed E-state index contributed by atoms with van der Waals surface area (Å²) in [6, 6.07) is 0. The molecule has 0 saturated heterocycles. The molecule has 0 unspecified atom stereocenters. The Morgan fingerprint density at radius 2 is 2.22 bits per heavy atom. The first-order valence-corrected chi connectivity index (χ1v) is 5.83. The van der Waals surface area contributed by atoms with Crippen LogP contribution in [0.15, 0.2) is 4.99 Å². The van der Waals surface area contributed by atoms with Crippen LogP contribution in [-0.4, -0.2) is 36.0 Å². The van der Waals surface area contributed by atoms with Crippen molar-refractivity contribution in [3.8, 4) is 0 Å². The van der Waals surface area contributed by atoms with E-state index in [9.17, 15) is 0 Å². The van der Waals surface area contributed by atoms with Crippen LogP contribution < -0.4 is 16.6 Å². The highest BCUT2D eigenvalue weighted by Crippen LogP contribution is 2.12. The SMILES string of the molecule is COCCNC(=NCc1c(C)nn(C)c1C)NN.